The van der Waals surface area contributed by atoms with E-state index in [2.05, 4.69) is 20.5 Å². The van der Waals surface area contributed by atoms with Crippen molar-refractivity contribution >= 4 is 57.3 Å². The van der Waals surface area contributed by atoms with E-state index in [9.17, 15) is 18.0 Å². The van der Waals surface area contributed by atoms with Gasteiger partial charge in [0.2, 0.25) is 11.7 Å². The maximum atomic E-state index is 12.8. The van der Waals surface area contributed by atoms with Crippen LogP contribution in [0.2, 0.25) is 10.0 Å². The number of rotatable bonds is 5. The number of hydrogen-bond acceptors (Lipinski definition) is 6. The number of carbonyl (C=O) groups is 1. The van der Waals surface area contributed by atoms with Crippen molar-refractivity contribution < 1.29 is 18.0 Å². The summed E-state index contributed by atoms with van der Waals surface area (Å²) in [6, 6.07) is 5.06. The van der Waals surface area contributed by atoms with Crippen LogP contribution in [0.3, 0.4) is 0 Å². The molecule has 29 heavy (non-hydrogen) atoms. The molecule has 154 valence electrons. The first-order chi connectivity index (χ1) is 13.6. The van der Waals surface area contributed by atoms with Gasteiger partial charge in [0.15, 0.2) is 10.3 Å². The Labute approximate surface area is 181 Å². The van der Waals surface area contributed by atoms with Gasteiger partial charge in [-0.1, -0.05) is 41.0 Å². The molecule has 1 aromatic carbocycles. The van der Waals surface area contributed by atoms with Crippen LogP contribution in [0.15, 0.2) is 28.7 Å². The molecule has 2 heterocycles. The molecule has 0 spiro atoms. The van der Waals surface area contributed by atoms with Crippen molar-refractivity contribution in [3.63, 3.8) is 0 Å². The van der Waals surface area contributed by atoms with E-state index in [1.807, 2.05) is 0 Å². The summed E-state index contributed by atoms with van der Waals surface area (Å²) in [5.41, 5.74) is 1.34. The van der Waals surface area contributed by atoms with E-state index in [0.29, 0.717) is 20.9 Å². The lowest BCUT2D eigenvalue weighted by atomic mass is 10.2. The van der Waals surface area contributed by atoms with Crippen molar-refractivity contribution in [1.82, 2.24) is 19.7 Å². The Hall–Kier alpha value is -1.82. The molecule has 0 bridgehead atoms. The summed E-state index contributed by atoms with van der Waals surface area (Å²) < 4.78 is 39.2. The van der Waals surface area contributed by atoms with Gasteiger partial charge in [0.1, 0.15) is 0 Å². The van der Waals surface area contributed by atoms with Crippen LogP contribution in [0, 0.1) is 0 Å². The van der Waals surface area contributed by atoms with Crippen LogP contribution < -0.4 is 5.32 Å². The minimum Gasteiger partial charge on any atom is -0.302 e. The van der Waals surface area contributed by atoms with Crippen molar-refractivity contribution in [2.24, 2.45) is 7.05 Å². The van der Waals surface area contributed by atoms with E-state index in [4.69, 9.17) is 23.2 Å². The van der Waals surface area contributed by atoms with Gasteiger partial charge in [-0.3, -0.25) is 4.79 Å². The quantitative estimate of drug-likeness (QED) is 0.495. The first-order valence-electron chi connectivity index (χ1n) is 7.91. The Morgan fingerprint density at radius 1 is 1.28 bits per heavy atom. The largest absolute Gasteiger partial charge is 0.451 e. The fourth-order valence-electron chi connectivity index (χ4n) is 2.20. The van der Waals surface area contributed by atoms with Crippen molar-refractivity contribution in [3.8, 4) is 11.3 Å². The van der Waals surface area contributed by atoms with Crippen LogP contribution in [-0.4, -0.2) is 30.9 Å². The summed E-state index contributed by atoms with van der Waals surface area (Å²) in [6.07, 6.45) is -4.62. The van der Waals surface area contributed by atoms with Gasteiger partial charge in [0, 0.05) is 18.0 Å². The molecule has 0 radical (unpaired) electrons. The second kappa shape index (κ2) is 8.50. The first-order valence-corrected chi connectivity index (χ1v) is 10.4. The number of thioether (sulfide) groups is 1. The number of halogens is 5. The Morgan fingerprint density at radius 3 is 2.62 bits per heavy atom. The van der Waals surface area contributed by atoms with Crippen molar-refractivity contribution in [2.75, 3.05) is 5.32 Å². The predicted molar refractivity (Wildman–Crippen MR) is 108 cm³/mol. The van der Waals surface area contributed by atoms with E-state index in [-0.39, 0.29) is 5.16 Å². The normalized spacial score (nSPS) is 12.8. The van der Waals surface area contributed by atoms with Crippen molar-refractivity contribution in [2.45, 2.75) is 23.5 Å². The van der Waals surface area contributed by atoms with Gasteiger partial charge in [-0.2, -0.15) is 13.2 Å². The Bertz CT molecular complexity index is 1050. The summed E-state index contributed by atoms with van der Waals surface area (Å²) in [4.78, 5) is 16.7. The molecule has 13 heteroatoms. The SMILES string of the molecule is C[C@@H](Sc1nnc(C(F)(F)F)n1C)C(=O)Nc1nc(-c2ccc(Cl)c(Cl)c2)cs1. The molecule has 0 aliphatic heterocycles. The summed E-state index contributed by atoms with van der Waals surface area (Å²) in [6.45, 7) is 1.55. The summed E-state index contributed by atoms with van der Waals surface area (Å²) in [5.74, 6) is -1.56. The molecule has 0 saturated heterocycles. The number of thiazole rings is 1. The number of amides is 1. The number of hydrogen-bond donors (Lipinski definition) is 1. The molecule has 3 rings (SSSR count). The van der Waals surface area contributed by atoms with Gasteiger partial charge in [0.05, 0.1) is 21.0 Å². The highest BCUT2D eigenvalue weighted by Gasteiger charge is 2.38. The number of nitrogens with one attached hydrogen (secondary N) is 1. The second-order valence-electron chi connectivity index (χ2n) is 5.78. The maximum absolute atomic E-state index is 12.8. The van der Waals surface area contributed by atoms with E-state index < -0.39 is 23.2 Å². The smallest absolute Gasteiger partial charge is 0.302 e. The third kappa shape index (κ3) is 5.03. The molecule has 0 aliphatic rings. The van der Waals surface area contributed by atoms with E-state index in [0.717, 1.165) is 21.9 Å². The number of carbonyl (C=O) groups excluding carboxylic acids is 1. The lowest BCUT2D eigenvalue weighted by Crippen LogP contribution is -2.23. The number of aromatic nitrogens is 4. The Morgan fingerprint density at radius 2 is 2.00 bits per heavy atom. The molecule has 1 N–H and O–H groups in total. The molecule has 0 saturated carbocycles. The highest BCUT2D eigenvalue weighted by atomic mass is 35.5. The highest BCUT2D eigenvalue weighted by Crippen LogP contribution is 2.32. The second-order valence-corrected chi connectivity index (χ2v) is 8.76. The van der Waals surface area contributed by atoms with Gasteiger partial charge in [-0.05, 0) is 19.1 Å². The molecule has 6 nitrogen and oxygen atoms in total. The summed E-state index contributed by atoms with van der Waals surface area (Å²) in [5, 5.41) is 11.4. The Balaban J connectivity index is 1.67. The van der Waals surface area contributed by atoms with Crippen molar-refractivity contribution in [1.29, 1.82) is 0 Å². The van der Waals surface area contributed by atoms with Gasteiger partial charge in [-0.15, -0.1) is 21.5 Å². The predicted octanol–water partition coefficient (Wildman–Crippen LogP) is 5.38. The standard InChI is InChI=1S/C16H12Cl2F3N5OS2/c1-7(29-15-25-24-13(26(15)2)16(19,20)21)12(27)23-14-22-11(6-28-14)8-3-4-9(17)10(18)5-8/h3-7H,1-2H3,(H,22,23,27)/t7-/m1/s1. The minimum atomic E-state index is -4.62. The van der Waals surface area contributed by atoms with Gasteiger partial charge in [-0.25, -0.2) is 4.98 Å². The van der Waals surface area contributed by atoms with E-state index >= 15 is 0 Å². The average Bonchev–Trinajstić information content (AvgIpc) is 3.24. The fraction of sp³-hybridized carbons (Fsp3) is 0.250. The zero-order valence-corrected chi connectivity index (χ0v) is 17.9. The van der Waals surface area contributed by atoms with Crippen LogP contribution in [0.1, 0.15) is 12.7 Å². The molecular formula is C16H12Cl2F3N5OS2. The number of alkyl halides is 3. The maximum Gasteiger partial charge on any atom is 0.451 e. The third-order valence-corrected chi connectivity index (χ3v) is 6.32. The lowest BCUT2D eigenvalue weighted by Gasteiger charge is -2.10. The van der Waals surface area contributed by atoms with Crippen LogP contribution >= 0.6 is 46.3 Å². The van der Waals surface area contributed by atoms with E-state index in [1.54, 1.807) is 30.5 Å². The van der Waals surface area contributed by atoms with Gasteiger partial charge < -0.3 is 9.88 Å². The Kier molecular flexibility index (Phi) is 6.42. The van der Waals surface area contributed by atoms with E-state index in [1.165, 1.54) is 18.4 Å². The van der Waals surface area contributed by atoms with Crippen LogP contribution in [-0.2, 0) is 18.0 Å². The minimum absolute atomic E-state index is 0.0180. The van der Waals surface area contributed by atoms with Gasteiger partial charge >= 0.3 is 6.18 Å². The molecule has 0 aliphatic carbocycles. The number of anilines is 1. The third-order valence-electron chi connectivity index (χ3n) is 3.69. The lowest BCUT2D eigenvalue weighted by molar-refractivity contribution is -0.147. The molecule has 0 fully saturated rings. The highest BCUT2D eigenvalue weighted by molar-refractivity contribution is 8.00. The molecule has 0 unspecified atom stereocenters. The topological polar surface area (TPSA) is 72.7 Å². The summed E-state index contributed by atoms with van der Waals surface area (Å²) >= 11 is 14.0. The monoisotopic (exact) mass is 481 g/mol. The molecule has 1 amide bonds. The molecule has 3 aromatic rings. The molecule has 1 atom stereocenters. The first kappa shape index (κ1) is 21.9. The summed E-state index contributed by atoms with van der Waals surface area (Å²) in [7, 11) is 1.19. The van der Waals surface area contributed by atoms with Gasteiger partial charge in [0.25, 0.3) is 0 Å². The average molecular weight is 482 g/mol. The van der Waals surface area contributed by atoms with Crippen LogP contribution in [0.25, 0.3) is 11.3 Å². The van der Waals surface area contributed by atoms with Crippen molar-refractivity contribution in [3.05, 3.63) is 39.4 Å². The zero-order valence-electron chi connectivity index (χ0n) is 14.8. The number of nitrogens with zero attached hydrogens (tertiary/aromatic N) is 4. The molecule has 2 aromatic heterocycles. The fourth-order valence-corrected chi connectivity index (χ4v) is 4.04. The number of benzene rings is 1. The van der Waals surface area contributed by atoms with Crippen LogP contribution in [0.4, 0.5) is 18.3 Å². The molecular weight excluding hydrogens is 470 g/mol. The van der Waals surface area contributed by atoms with Crippen LogP contribution in [0.5, 0.6) is 0 Å². The zero-order chi connectivity index (χ0) is 21.3.